The van der Waals surface area contributed by atoms with Crippen LogP contribution in [0.1, 0.15) is 50.1 Å². The van der Waals surface area contributed by atoms with E-state index in [-0.39, 0.29) is 0 Å². The molecule has 228 valence electrons. The lowest BCUT2D eigenvalue weighted by Gasteiger charge is -2.18. The van der Waals surface area contributed by atoms with E-state index in [1.54, 1.807) is 0 Å². The maximum absolute atomic E-state index is 5.11. The lowest BCUT2D eigenvalue weighted by molar-refractivity contribution is 1.11. The van der Waals surface area contributed by atoms with Gasteiger partial charge < -0.3 is 4.57 Å². The number of hydrogen-bond acceptors (Lipinski definition) is 2. The Morgan fingerprint density at radius 1 is 0.413 bits per heavy atom. The molecule has 0 aliphatic carbocycles. The number of aryl methyl sites for hydroxylation is 5. The Labute approximate surface area is 272 Å². The molecule has 0 fully saturated rings. The fourth-order valence-corrected chi connectivity index (χ4v) is 7.24. The van der Waals surface area contributed by atoms with E-state index >= 15 is 0 Å². The second kappa shape index (κ2) is 11.1. The molecule has 0 spiro atoms. The summed E-state index contributed by atoms with van der Waals surface area (Å²) in [5.41, 5.74) is 21.0. The third-order valence-corrected chi connectivity index (χ3v) is 10.6. The number of benzene rings is 5. The lowest BCUT2D eigenvalue weighted by Crippen LogP contribution is -2.03. The van der Waals surface area contributed by atoms with Crippen LogP contribution in [-0.2, 0) is 0 Å². The molecule has 0 saturated carbocycles. The largest absolute Gasteiger partial charge is 0.308 e. The third-order valence-electron chi connectivity index (χ3n) is 10.6. The van der Waals surface area contributed by atoms with Crippen LogP contribution in [0.3, 0.4) is 0 Å². The highest BCUT2D eigenvalue weighted by molar-refractivity contribution is 6.15. The van der Waals surface area contributed by atoms with Gasteiger partial charge in [-0.2, -0.15) is 0 Å². The molecule has 0 N–H and O–H groups in total. The summed E-state index contributed by atoms with van der Waals surface area (Å²) in [6.45, 7) is 20.5. The molecule has 7 aromatic rings. The highest BCUT2D eigenvalue weighted by atomic mass is 15.0. The van der Waals surface area contributed by atoms with Crippen LogP contribution < -0.4 is 0 Å². The Morgan fingerprint density at radius 2 is 0.848 bits per heavy atom. The molecule has 0 unspecified atom stereocenters. The predicted octanol–water partition coefficient (Wildman–Crippen LogP) is 11.4. The minimum absolute atomic E-state index is 0.731. The topological polar surface area (TPSA) is 30.7 Å². The summed E-state index contributed by atoms with van der Waals surface area (Å²) in [7, 11) is 0. The first-order valence-corrected chi connectivity index (χ1v) is 16.2. The number of hydrogen-bond donors (Lipinski definition) is 0. The van der Waals surface area contributed by atoms with E-state index in [0.29, 0.717) is 0 Å². The molecule has 3 nitrogen and oxygen atoms in total. The van der Waals surface area contributed by atoms with E-state index in [1.165, 1.54) is 77.6 Å². The maximum atomic E-state index is 5.11. The van der Waals surface area contributed by atoms with Crippen LogP contribution in [0.5, 0.6) is 0 Å². The Balaban J connectivity index is 1.50. The van der Waals surface area contributed by atoms with Gasteiger partial charge in [0, 0.05) is 33.2 Å². The van der Waals surface area contributed by atoms with Gasteiger partial charge in [-0.1, -0.05) is 60.7 Å². The number of fused-ring (bicyclic) bond motifs is 3. The lowest BCUT2D eigenvalue weighted by atomic mass is 9.90. The van der Waals surface area contributed by atoms with Crippen molar-refractivity contribution in [2.45, 2.75) is 62.3 Å². The summed E-state index contributed by atoms with van der Waals surface area (Å²) in [6, 6.07) is 29.6. The molecule has 2 heterocycles. The van der Waals surface area contributed by atoms with Gasteiger partial charge in [-0.05, 0) is 137 Å². The Bertz CT molecular complexity index is 2190. The van der Waals surface area contributed by atoms with Crippen molar-refractivity contribution in [3.63, 3.8) is 0 Å². The Kier molecular flexibility index (Phi) is 7.16. The molecule has 0 saturated heterocycles. The first kappa shape index (κ1) is 29.7. The van der Waals surface area contributed by atoms with Crippen LogP contribution >= 0.6 is 0 Å². The standard InChI is InChI=1S/C43H41N3/c1-24-22-35(43-44-36(33-16-12-10-13-17-33)23-37(45-43)34-18-14-11-15-19-34)20-21-38(24)46-41-31(8)27(4)25(2)29(6)39(41)40-30(7)26(3)28(5)32(9)42(40)46/h10-23H,1-9H3. The Hall–Kier alpha value is -5.02. The minimum Gasteiger partial charge on any atom is -0.308 e. The monoisotopic (exact) mass is 599 g/mol. The number of nitrogens with zero attached hydrogens (tertiary/aromatic N) is 3. The summed E-state index contributed by atoms with van der Waals surface area (Å²) in [5.74, 6) is 0.731. The molecular weight excluding hydrogens is 558 g/mol. The summed E-state index contributed by atoms with van der Waals surface area (Å²) in [6.07, 6.45) is 0. The first-order valence-electron chi connectivity index (χ1n) is 16.2. The first-order chi connectivity index (χ1) is 22.1. The van der Waals surface area contributed by atoms with E-state index in [9.17, 15) is 0 Å². The summed E-state index contributed by atoms with van der Waals surface area (Å²) < 4.78 is 2.55. The van der Waals surface area contributed by atoms with Crippen LogP contribution in [0.15, 0.2) is 84.9 Å². The average Bonchev–Trinajstić information content (AvgIpc) is 3.44. The number of rotatable bonds is 4. The fourth-order valence-electron chi connectivity index (χ4n) is 7.24. The van der Waals surface area contributed by atoms with Crippen LogP contribution in [0, 0.1) is 62.3 Å². The van der Waals surface area contributed by atoms with Crippen LogP contribution in [0.25, 0.3) is 61.4 Å². The minimum atomic E-state index is 0.731. The molecule has 46 heavy (non-hydrogen) atoms. The van der Waals surface area contributed by atoms with Crippen LogP contribution in [0.2, 0.25) is 0 Å². The van der Waals surface area contributed by atoms with Crippen molar-refractivity contribution >= 4 is 21.8 Å². The van der Waals surface area contributed by atoms with Crippen LogP contribution in [0.4, 0.5) is 0 Å². The molecule has 0 radical (unpaired) electrons. The SMILES string of the molecule is Cc1cc(-c2nc(-c3ccccc3)cc(-c3ccccc3)n2)ccc1-n1c2c(C)c(C)c(C)c(C)c2c2c(C)c(C)c(C)c(C)c21. The third kappa shape index (κ3) is 4.48. The van der Waals surface area contributed by atoms with E-state index in [1.807, 2.05) is 12.1 Å². The smallest absolute Gasteiger partial charge is 0.160 e. The molecule has 0 amide bonds. The van der Waals surface area contributed by atoms with Gasteiger partial charge in [0.2, 0.25) is 0 Å². The van der Waals surface area contributed by atoms with Crippen LogP contribution in [-0.4, -0.2) is 14.5 Å². The van der Waals surface area contributed by atoms with Gasteiger partial charge in [0.1, 0.15) is 0 Å². The fraction of sp³-hybridized carbons (Fsp3) is 0.209. The van der Waals surface area contributed by atoms with Crippen molar-refractivity contribution in [2.75, 3.05) is 0 Å². The zero-order valence-corrected chi connectivity index (χ0v) is 28.4. The van der Waals surface area contributed by atoms with Crippen molar-refractivity contribution in [3.8, 4) is 39.6 Å². The van der Waals surface area contributed by atoms with E-state index < -0.39 is 0 Å². The van der Waals surface area contributed by atoms with Crippen molar-refractivity contribution < 1.29 is 0 Å². The molecule has 0 bridgehead atoms. The van der Waals surface area contributed by atoms with Crippen molar-refractivity contribution in [1.29, 1.82) is 0 Å². The molecule has 0 aliphatic heterocycles. The highest BCUT2D eigenvalue weighted by Gasteiger charge is 2.24. The molecule has 2 aromatic heterocycles. The van der Waals surface area contributed by atoms with Gasteiger partial charge in [0.25, 0.3) is 0 Å². The van der Waals surface area contributed by atoms with Gasteiger partial charge >= 0.3 is 0 Å². The average molecular weight is 600 g/mol. The van der Waals surface area contributed by atoms with Crippen molar-refractivity contribution in [3.05, 3.63) is 135 Å². The van der Waals surface area contributed by atoms with Gasteiger partial charge in [-0.3, -0.25) is 0 Å². The highest BCUT2D eigenvalue weighted by Crippen LogP contribution is 2.44. The zero-order chi connectivity index (χ0) is 32.4. The van der Waals surface area contributed by atoms with Gasteiger partial charge in [0.15, 0.2) is 5.82 Å². The zero-order valence-electron chi connectivity index (χ0n) is 28.4. The summed E-state index contributed by atoms with van der Waals surface area (Å²) in [4.78, 5) is 10.2. The predicted molar refractivity (Wildman–Crippen MR) is 195 cm³/mol. The second-order valence-corrected chi connectivity index (χ2v) is 13.0. The van der Waals surface area contributed by atoms with Gasteiger partial charge in [0.05, 0.1) is 22.4 Å². The molecule has 7 rings (SSSR count). The summed E-state index contributed by atoms with van der Waals surface area (Å²) >= 11 is 0. The molecule has 3 heteroatoms. The summed E-state index contributed by atoms with van der Waals surface area (Å²) in [5, 5.41) is 2.77. The molecule has 0 atom stereocenters. The maximum Gasteiger partial charge on any atom is 0.160 e. The van der Waals surface area contributed by atoms with Crippen molar-refractivity contribution in [1.82, 2.24) is 14.5 Å². The van der Waals surface area contributed by atoms with E-state index in [4.69, 9.17) is 9.97 Å². The van der Waals surface area contributed by atoms with Crippen molar-refractivity contribution in [2.24, 2.45) is 0 Å². The molecule has 0 aliphatic rings. The van der Waals surface area contributed by atoms with E-state index in [2.05, 4.69) is 140 Å². The number of aromatic nitrogens is 3. The van der Waals surface area contributed by atoms with Gasteiger partial charge in [-0.25, -0.2) is 9.97 Å². The van der Waals surface area contributed by atoms with E-state index in [0.717, 1.165) is 33.9 Å². The molecule has 5 aromatic carbocycles. The quantitative estimate of drug-likeness (QED) is 0.201. The Morgan fingerprint density at radius 3 is 1.28 bits per heavy atom. The normalized spacial score (nSPS) is 11.6. The molecular formula is C43H41N3. The van der Waals surface area contributed by atoms with Gasteiger partial charge in [-0.15, -0.1) is 0 Å². The second-order valence-electron chi connectivity index (χ2n) is 13.0.